The Hall–Kier alpha value is -2.03. The van der Waals surface area contributed by atoms with Gasteiger partial charge in [-0.15, -0.1) is 0 Å². The molecule has 0 aliphatic carbocycles. The molecule has 2 heterocycles. The molecule has 0 saturated heterocycles. The molecule has 0 saturated carbocycles. The summed E-state index contributed by atoms with van der Waals surface area (Å²) in [5, 5.41) is 0. The summed E-state index contributed by atoms with van der Waals surface area (Å²) in [6.45, 7) is 8.92. The van der Waals surface area contributed by atoms with Crippen molar-refractivity contribution in [1.29, 1.82) is 0 Å². The predicted molar refractivity (Wildman–Crippen MR) is 89.2 cm³/mol. The van der Waals surface area contributed by atoms with Crippen molar-refractivity contribution in [2.75, 3.05) is 9.80 Å². The first-order valence-corrected chi connectivity index (χ1v) is 7.73. The standard InChI is InChI=1S/C18H23N3/c1-5-17-20(13(2)3)16-11-8-12-19-18(16)21(17)15-10-7-6-9-14(15)4/h6-13,17H,5H2,1-4H3. The largest absolute Gasteiger partial charge is 0.345 e. The van der Waals surface area contributed by atoms with Crippen LogP contribution in [0.1, 0.15) is 32.8 Å². The molecule has 0 bridgehead atoms. The van der Waals surface area contributed by atoms with Crippen molar-refractivity contribution in [2.45, 2.75) is 46.3 Å². The van der Waals surface area contributed by atoms with Crippen molar-refractivity contribution in [3.63, 3.8) is 0 Å². The van der Waals surface area contributed by atoms with E-state index in [0.29, 0.717) is 12.2 Å². The molecule has 0 fully saturated rings. The number of fused-ring (bicyclic) bond motifs is 1. The van der Waals surface area contributed by atoms with Crippen LogP contribution in [0.5, 0.6) is 0 Å². The van der Waals surface area contributed by atoms with E-state index in [1.165, 1.54) is 16.9 Å². The second-order valence-electron chi connectivity index (χ2n) is 5.89. The van der Waals surface area contributed by atoms with Gasteiger partial charge in [-0.3, -0.25) is 0 Å². The first-order chi connectivity index (χ1) is 10.1. The minimum Gasteiger partial charge on any atom is -0.345 e. The number of para-hydroxylation sites is 1. The normalized spacial score (nSPS) is 17.5. The van der Waals surface area contributed by atoms with E-state index in [4.69, 9.17) is 0 Å². The Morgan fingerprint density at radius 3 is 2.48 bits per heavy atom. The van der Waals surface area contributed by atoms with Gasteiger partial charge in [-0.2, -0.15) is 0 Å². The molecule has 1 aliphatic rings. The fraction of sp³-hybridized carbons (Fsp3) is 0.389. The molecular formula is C18H23N3. The number of hydrogen-bond donors (Lipinski definition) is 0. The van der Waals surface area contributed by atoms with Crippen LogP contribution in [0.2, 0.25) is 0 Å². The maximum absolute atomic E-state index is 4.67. The number of anilines is 3. The molecular weight excluding hydrogens is 258 g/mol. The number of rotatable bonds is 3. The summed E-state index contributed by atoms with van der Waals surface area (Å²) in [5.41, 5.74) is 3.79. The van der Waals surface area contributed by atoms with E-state index in [1.54, 1.807) is 0 Å². The van der Waals surface area contributed by atoms with E-state index < -0.39 is 0 Å². The summed E-state index contributed by atoms with van der Waals surface area (Å²) >= 11 is 0. The molecule has 1 aromatic heterocycles. The van der Waals surface area contributed by atoms with E-state index in [1.807, 2.05) is 12.3 Å². The Labute approximate surface area is 127 Å². The number of pyridine rings is 1. The van der Waals surface area contributed by atoms with Crippen molar-refractivity contribution in [1.82, 2.24) is 4.98 Å². The summed E-state index contributed by atoms with van der Waals surface area (Å²) < 4.78 is 0. The van der Waals surface area contributed by atoms with Crippen molar-refractivity contribution in [3.8, 4) is 0 Å². The molecule has 1 aromatic carbocycles. The third-order valence-electron chi connectivity index (χ3n) is 4.19. The molecule has 2 aromatic rings. The summed E-state index contributed by atoms with van der Waals surface area (Å²) in [5.74, 6) is 1.08. The highest BCUT2D eigenvalue weighted by Gasteiger charge is 2.38. The SMILES string of the molecule is CCC1N(c2ccccc2C)c2ncccc2N1C(C)C. The minimum atomic E-state index is 0.330. The van der Waals surface area contributed by atoms with Crippen LogP contribution >= 0.6 is 0 Å². The van der Waals surface area contributed by atoms with Gasteiger partial charge in [0.1, 0.15) is 6.17 Å². The molecule has 110 valence electrons. The molecule has 3 heteroatoms. The summed E-state index contributed by atoms with van der Waals surface area (Å²) in [6, 6.07) is 13.2. The number of aryl methyl sites for hydroxylation is 1. The van der Waals surface area contributed by atoms with Gasteiger partial charge >= 0.3 is 0 Å². The number of nitrogens with zero attached hydrogens (tertiary/aromatic N) is 3. The average molecular weight is 281 g/mol. The van der Waals surface area contributed by atoms with Crippen LogP contribution in [0.4, 0.5) is 17.2 Å². The van der Waals surface area contributed by atoms with E-state index in [2.05, 4.69) is 72.8 Å². The van der Waals surface area contributed by atoms with Crippen molar-refractivity contribution in [2.24, 2.45) is 0 Å². The molecule has 0 spiro atoms. The van der Waals surface area contributed by atoms with Crippen molar-refractivity contribution >= 4 is 17.2 Å². The maximum Gasteiger partial charge on any atom is 0.158 e. The van der Waals surface area contributed by atoms with E-state index in [-0.39, 0.29) is 0 Å². The average Bonchev–Trinajstić information content (AvgIpc) is 2.82. The van der Waals surface area contributed by atoms with Gasteiger partial charge in [-0.05, 0) is 51.0 Å². The highest BCUT2D eigenvalue weighted by Crippen LogP contribution is 2.45. The Morgan fingerprint density at radius 2 is 1.81 bits per heavy atom. The van der Waals surface area contributed by atoms with Gasteiger partial charge in [0.15, 0.2) is 5.82 Å². The highest BCUT2D eigenvalue weighted by molar-refractivity contribution is 5.81. The van der Waals surface area contributed by atoms with Crippen LogP contribution in [0, 0.1) is 6.92 Å². The third-order valence-corrected chi connectivity index (χ3v) is 4.19. The Morgan fingerprint density at radius 1 is 1.10 bits per heavy atom. The van der Waals surface area contributed by atoms with Gasteiger partial charge in [0.2, 0.25) is 0 Å². The van der Waals surface area contributed by atoms with E-state index >= 15 is 0 Å². The number of benzene rings is 1. The topological polar surface area (TPSA) is 19.4 Å². The molecule has 3 nitrogen and oxygen atoms in total. The maximum atomic E-state index is 4.67. The highest BCUT2D eigenvalue weighted by atomic mass is 15.4. The Bertz CT molecular complexity index is 636. The van der Waals surface area contributed by atoms with Crippen LogP contribution in [-0.4, -0.2) is 17.2 Å². The van der Waals surface area contributed by atoms with Gasteiger partial charge in [-0.1, -0.05) is 25.1 Å². The quantitative estimate of drug-likeness (QED) is 0.826. The van der Waals surface area contributed by atoms with Crippen molar-refractivity contribution in [3.05, 3.63) is 48.2 Å². The first kappa shape index (κ1) is 13.9. The summed E-state index contributed by atoms with van der Waals surface area (Å²) in [4.78, 5) is 9.55. The van der Waals surface area contributed by atoms with Gasteiger partial charge < -0.3 is 9.80 Å². The summed E-state index contributed by atoms with van der Waals surface area (Å²) in [6.07, 6.45) is 3.28. The minimum absolute atomic E-state index is 0.330. The lowest BCUT2D eigenvalue weighted by molar-refractivity contribution is 0.557. The Kier molecular flexibility index (Phi) is 3.58. The second-order valence-corrected chi connectivity index (χ2v) is 5.89. The molecule has 0 radical (unpaired) electrons. The fourth-order valence-electron chi connectivity index (χ4n) is 3.31. The molecule has 0 N–H and O–H groups in total. The van der Waals surface area contributed by atoms with Gasteiger partial charge in [-0.25, -0.2) is 4.98 Å². The van der Waals surface area contributed by atoms with E-state index in [9.17, 15) is 0 Å². The van der Waals surface area contributed by atoms with Crippen LogP contribution in [0.3, 0.4) is 0 Å². The van der Waals surface area contributed by atoms with Gasteiger partial charge in [0, 0.05) is 17.9 Å². The lowest BCUT2D eigenvalue weighted by Crippen LogP contribution is -2.44. The third kappa shape index (κ3) is 2.17. The Balaban J connectivity index is 2.18. The predicted octanol–water partition coefficient (Wildman–Crippen LogP) is 4.49. The van der Waals surface area contributed by atoms with E-state index in [0.717, 1.165) is 12.2 Å². The molecule has 3 rings (SSSR count). The zero-order valence-electron chi connectivity index (χ0n) is 13.2. The van der Waals surface area contributed by atoms with Crippen LogP contribution < -0.4 is 9.80 Å². The number of hydrogen-bond acceptors (Lipinski definition) is 3. The zero-order valence-corrected chi connectivity index (χ0v) is 13.2. The van der Waals surface area contributed by atoms with Crippen LogP contribution in [-0.2, 0) is 0 Å². The zero-order chi connectivity index (χ0) is 15.0. The summed E-state index contributed by atoms with van der Waals surface area (Å²) in [7, 11) is 0. The second kappa shape index (κ2) is 5.40. The van der Waals surface area contributed by atoms with Crippen molar-refractivity contribution < 1.29 is 0 Å². The fourth-order valence-corrected chi connectivity index (χ4v) is 3.31. The number of aromatic nitrogens is 1. The lowest BCUT2D eigenvalue weighted by atomic mass is 10.1. The van der Waals surface area contributed by atoms with Gasteiger partial charge in [0.25, 0.3) is 0 Å². The van der Waals surface area contributed by atoms with Gasteiger partial charge in [0.05, 0.1) is 5.69 Å². The lowest BCUT2D eigenvalue weighted by Gasteiger charge is -2.35. The molecule has 1 aliphatic heterocycles. The molecule has 1 unspecified atom stereocenters. The first-order valence-electron chi connectivity index (χ1n) is 7.73. The smallest absolute Gasteiger partial charge is 0.158 e. The molecule has 0 amide bonds. The molecule has 21 heavy (non-hydrogen) atoms. The van der Waals surface area contributed by atoms with Crippen LogP contribution in [0.15, 0.2) is 42.6 Å². The molecule has 1 atom stereocenters. The van der Waals surface area contributed by atoms with Crippen LogP contribution in [0.25, 0.3) is 0 Å². The monoisotopic (exact) mass is 281 g/mol.